The lowest BCUT2D eigenvalue weighted by Crippen LogP contribution is -2.53. The second-order valence-electron chi connectivity index (χ2n) is 5.84. The summed E-state index contributed by atoms with van der Waals surface area (Å²) in [6, 6.07) is 0.492. The summed E-state index contributed by atoms with van der Waals surface area (Å²) >= 11 is 0. The molecule has 0 bridgehead atoms. The Labute approximate surface area is 108 Å². The molecule has 1 rings (SSSR count). The lowest BCUT2D eigenvalue weighted by molar-refractivity contribution is -0.0508. The van der Waals surface area contributed by atoms with Crippen LogP contribution in [0.15, 0.2) is 0 Å². The molecule has 1 fully saturated rings. The summed E-state index contributed by atoms with van der Waals surface area (Å²) in [7, 11) is 3.95. The number of nitrogens with one attached hydrogen (secondary N) is 1. The van der Waals surface area contributed by atoms with E-state index in [2.05, 4.69) is 33.1 Å². The summed E-state index contributed by atoms with van der Waals surface area (Å²) in [5, 5.41) is 3.53. The fourth-order valence-electron chi connectivity index (χ4n) is 3.54. The Bertz CT molecular complexity index is 213. The van der Waals surface area contributed by atoms with Crippen LogP contribution in [0.4, 0.5) is 0 Å². The maximum absolute atomic E-state index is 5.80. The Balaban J connectivity index is 2.72. The van der Waals surface area contributed by atoms with Crippen LogP contribution in [0.3, 0.4) is 0 Å². The number of likely N-dealkylation sites (N-methyl/N-ethyl adjacent to an activating group) is 1. The standard InChI is InChI=1S/C15H31NO/c1-6-12-9-8-10-13(11-12)14(16-4)15(3,7-2)17-5/h12-14,16H,6-11H2,1-5H3. The first-order valence-electron chi connectivity index (χ1n) is 7.33. The van der Waals surface area contributed by atoms with Crippen molar-refractivity contribution in [1.29, 1.82) is 0 Å². The zero-order valence-electron chi connectivity index (χ0n) is 12.4. The molecule has 0 aromatic rings. The Morgan fingerprint density at radius 3 is 2.53 bits per heavy atom. The highest BCUT2D eigenvalue weighted by atomic mass is 16.5. The minimum absolute atomic E-state index is 0.0188. The molecule has 2 nitrogen and oxygen atoms in total. The summed E-state index contributed by atoms with van der Waals surface area (Å²) in [6.45, 7) is 6.81. The van der Waals surface area contributed by atoms with E-state index < -0.39 is 0 Å². The minimum atomic E-state index is -0.0188. The van der Waals surface area contributed by atoms with Crippen molar-refractivity contribution < 1.29 is 4.74 Å². The predicted octanol–water partition coefficient (Wildman–Crippen LogP) is 3.61. The van der Waals surface area contributed by atoms with Crippen LogP contribution in [-0.2, 0) is 4.74 Å². The molecule has 0 aromatic carbocycles. The number of hydrogen-bond donors (Lipinski definition) is 1. The molecular formula is C15H31NO. The highest BCUT2D eigenvalue weighted by Crippen LogP contribution is 2.37. The van der Waals surface area contributed by atoms with Gasteiger partial charge in [-0.15, -0.1) is 0 Å². The largest absolute Gasteiger partial charge is 0.377 e. The van der Waals surface area contributed by atoms with Gasteiger partial charge in [0.25, 0.3) is 0 Å². The van der Waals surface area contributed by atoms with E-state index in [0.717, 1.165) is 18.3 Å². The van der Waals surface area contributed by atoms with Crippen molar-refractivity contribution >= 4 is 0 Å². The van der Waals surface area contributed by atoms with Crippen LogP contribution in [0, 0.1) is 11.8 Å². The first-order chi connectivity index (χ1) is 8.11. The van der Waals surface area contributed by atoms with E-state index in [9.17, 15) is 0 Å². The topological polar surface area (TPSA) is 21.3 Å². The lowest BCUT2D eigenvalue weighted by atomic mass is 9.72. The van der Waals surface area contributed by atoms with Gasteiger partial charge >= 0.3 is 0 Å². The monoisotopic (exact) mass is 241 g/mol. The fourth-order valence-corrected chi connectivity index (χ4v) is 3.54. The van der Waals surface area contributed by atoms with E-state index in [1.54, 1.807) is 0 Å². The predicted molar refractivity (Wildman–Crippen MR) is 74.3 cm³/mol. The molecule has 17 heavy (non-hydrogen) atoms. The highest BCUT2D eigenvalue weighted by Gasteiger charge is 2.38. The SMILES string of the molecule is CCC1CCCC(C(NC)C(C)(CC)OC)C1. The molecule has 4 atom stereocenters. The van der Waals surface area contributed by atoms with Crippen LogP contribution in [-0.4, -0.2) is 25.8 Å². The summed E-state index contributed by atoms with van der Waals surface area (Å²) in [4.78, 5) is 0. The normalized spacial score (nSPS) is 30.9. The van der Waals surface area contributed by atoms with Crippen molar-refractivity contribution in [3.8, 4) is 0 Å². The third-order valence-electron chi connectivity index (χ3n) is 5.01. The molecule has 0 radical (unpaired) electrons. The van der Waals surface area contributed by atoms with Gasteiger partial charge in [-0.1, -0.05) is 33.1 Å². The van der Waals surface area contributed by atoms with Crippen LogP contribution < -0.4 is 5.32 Å². The third-order valence-corrected chi connectivity index (χ3v) is 5.01. The van der Waals surface area contributed by atoms with Gasteiger partial charge in [0.15, 0.2) is 0 Å². The molecule has 4 unspecified atom stereocenters. The second-order valence-corrected chi connectivity index (χ2v) is 5.84. The first-order valence-corrected chi connectivity index (χ1v) is 7.33. The van der Waals surface area contributed by atoms with Crippen LogP contribution in [0.5, 0.6) is 0 Å². The van der Waals surface area contributed by atoms with E-state index in [4.69, 9.17) is 4.74 Å². The smallest absolute Gasteiger partial charge is 0.0802 e. The van der Waals surface area contributed by atoms with E-state index in [-0.39, 0.29) is 5.60 Å². The van der Waals surface area contributed by atoms with Gasteiger partial charge in [0.1, 0.15) is 0 Å². The van der Waals surface area contributed by atoms with Gasteiger partial charge in [0, 0.05) is 13.2 Å². The van der Waals surface area contributed by atoms with Crippen molar-refractivity contribution in [3.63, 3.8) is 0 Å². The van der Waals surface area contributed by atoms with Crippen LogP contribution in [0.25, 0.3) is 0 Å². The molecule has 102 valence electrons. The van der Waals surface area contributed by atoms with Gasteiger partial charge < -0.3 is 10.1 Å². The molecule has 0 aromatic heterocycles. The van der Waals surface area contributed by atoms with Crippen molar-refractivity contribution in [2.45, 2.75) is 70.9 Å². The van der Waals surface area contributed by atoms with Gasteiger partial charge in [-0.05, 0) is 45.1 Å². The van der Waals surface area contributed by atoms with Crippen molar-refractivity contribution in [3.05, 3.63) is 0 Å². The average Bonchev–Trinajstić information content (AvgIpc) is 2.39. The summed E-state index contributed by atoms with van der Waals surface area (Å²) in [6.07, 6.45) is 7.97. The van der Waals surface area contributed by atoms with Crippen molar-refractivity contribution in [2.75, 3.05) is 14.2 Å². The molecule has 0 saturated heterocycles. The minimum Gasteiger partial charge on any atom is -0.377 e. The molecule has 2 heteroatoms. The van der Waals surface area contributed by atoms with E-state index in [1.807, 2.05) is 7.11 Å². The van der Waals surface area contributed by atoms with Crippen molar-refractivity contribution in [2.24, 2.45) is 11.8 Å². The van der Waals surface area contributed by atoms with Crippen LogP contribution in [0.2, 0.25) is 0 Å². The zero-order valence-corrected chi connectivity index (χ0v) is 12.4. The average molecular weight is 241 g/mol. The Kier molecular flexibility index (Phi) is 5.94. The quantitative estimate of drug-likeness (QED) is 0.767. The maximum atomic E-state index is 5.80. The maximum Gasteiger partial charge on any atom is 0.0802 e. The number of hydrogen-bond acceptors (Lipinski definition) is 2. The van der Waals surface area contributed by atoms with Gasteiger partial charge in [-0.25, -0.2) is 0 Å². The van der Waals surface area contributed by atoms with Gasteiger partial charge in [0.05, 0.1) is 5.60 Å². The van der Waals surface area contributed by atoms with Gasteiger partial charge in [-0.2, -0.15) is 0 Å². The first kappa shape index (κ1) is 15.0. The lowest BCUT2D eigenvalue weighted by Gasteiger charge is -2.43. The van der Waals surface area contributed by atoms with Gasteiger partial charge in [-0.3, -0.25) is 0 Å². The molecule has 1 aliphatic rings. The Morgan fingerprint density at radius 1 is 1.35 bits per heavy atom. The molecule has 0 aliphatic heterocycles. The molecule has 1 saturated carbocycles. The highest BCUT2D eigenvalue weighted by molar-refractivity contribution is 4.94. The van der Waals surface area contributed by atoms with E-state index in [1.165, 1.54) is 32.1 Å². The second kappa shape index (κ2) is 6.75. The van der Waals surface area contributed by atoms with Crippen LogP contribution in [0.1, 0.15) is 59.3 Å². The number of ether oxygens (including phenoxy) is 1. The Morgan fingerprint density at radius 2 is 2.06 bits per heavy atom. The third kappa shape index (κ3) is 3.45. The van der Waals surface area contributed by atoms with Gasteiger partial charge in [0.2, 0.25) is 0 Å². The Hall–Kier alpha value is -0.0800. The molecule has 0 heterocycles. The molecule has 0 amide bonds. The summed E-state index contributed by atoms with van der Waals surface area (Å²) in [5.41, 5.74) is -0.0188. The molecule has 0 spiro atoms. The van der Waals surface area contributed by atoms with Crippen LogP contribution >= 0.6 is 0 Å². The molecule has 1 aliphatic carbocycles. The molecular weight excluding hydrogens is 210 g/mol. The molecule has 1 N–H and O–H groups in total. The number of rotatable bonds is 6. The fraction of sp³-hybridized carbons (Fsp3) is 1.00. The van der Waals surface area contributed by atoms with Crippen molar-refractivity contribution in [1.82, 2.24) is 5.32 Å². The van der Waals surface area contributed by atoms with E-state index >= 15 is 0 Å². The summed E-state index contributed by atoms with van der Waals surface area (Å²) < 4.78 is 5.80. The van der Waals surface area contributed by atoms with E-state index in [0.29, 0.717) is 6.04 Å². The summed E-state index contributed by atoms with van der Waals surface area (Å²) in [5.74, 6) is 1.71. The zero-order chi connectivity index (χ0) is 12.9. The number of methoxy groups -OCH3 is 1.